The summed E-state index contributed by atoms with van der Waals surface area (Å²) >= 11 is 1.01. The largest absolute Gasteiger partial charge is 0.339 e. The van der Waals surface area contributed by atoms with Crippen LogP contribution >= 0.6 is 11.8 Å². The zero-order valence-corrected chi connectivity index (χ0v) is 17.1. The molecule has 9 nitrogen and oxygen atoms in total. The molecule has 1 fully saturated rings. The predicted molar refractivity (Wildman–Crippen MR) is 109 cm³/mol. The molecule has 2 aromatic rings. The number of anilines is 1. The molecule has 1 aromatic heterocycles. The van der Waals surface area contributed by atoms with Gasteiger partial charge in [-0.3, -0.25) is 14.5 Å². The summed E-state index contributed by atoms with van der Waals surface area (Å²) in [6.07, 6.45) is 1.28. The van der Waals surface area contributed by atoms with Crippen LogP contribution in [-0.2, 0) is 17.8 Å². The molecule has 3 rings (SSSR count). The average molecular weight is 417 g/mol. The summed E-state index contributed by atoms with van der Waals surface area (Å²) in [5.74, 6) is 1.50. The highest BCUT2D eigenvalue weighted by molar-refractivity contribution is 8.14. The number of nitrogens with one attached hydrogen (secondary N) is 2. The lowest BCUT2D eigenvalue weighted by atomic mass is 10.2. The van der Waals surface area contributed by atoms with E-state index in [1.54, 1.807) is 24.3 Å². The number of imide groups is 1. The van der Waals surface area contributed by atoms with E-state index in [9.17, 15) is 14.4 Å². The molecule has 1 aliphatic rings. The number of aromatic nitrogens is 2. The van der Waals surface area contributed by atoms with Crippen LogP contribution in [0.1, 0.15) is 43.5 Å². The fourth-order valence-electron chi connectivity index (χ4n) is 2.63. The molecule has 4 amide bonds. The minimum absolute atomic E-state index is 0.178. The second-order valence-electron chi connectivity index (χ2n) is 6.92. The van der Waals surface area contributed by atoms with E-state index in [0.29, 0.717) is 36.8 Å². The van der Waals surface area contributed by atoms with Crippen molar-refractivity contribution in [1.29, 1.82) is 0 Å². The smallest absolute Gasteiger partial charge is 0.319 e. The molecular weight excluding hydrogens is 394 g/mol. The van der Waals surface area contributed by atoms with Crippen LogP contribution in [0.5, 0.6) is 0 Å². The first-order valence-corrected chi connectivity index (χ1v) is 10.3. The second-order valence-corrected chi connectivity index (χ2v) is 7.84. The number of amides is 4. The molecule has 0 bridgehead atoms. The maximum Gasteiger partial charge on any atom is 0.319 e. The summed E-state index contributed by atoms with van der Waals surface area (Å²) < 4.78 is 5.16. The minimum atomic E-state index is -0.313. The molecule has 0 radical (unpaired) electrons. The Morgan fingerprint density at radius 3 is 2.66 bits per heavy atom. The quantitative estimate of drug-likeness (QED) is 0.634. The Balaban J connectivity index is 1.38. The van der Waals surface area contributed by atoms with Gasteiger partial charge in [-0.15, -0.1) is 0 Å². The molecule has 2 heterocycles. The zero-order chi connectivity index (χ0) is 20.8. The summed E-state index contributed by atoms with van der Waals surface area (Å²) in [5.41, 5.74) is 1.44. The van der Waals surface area contributed by atoms with Crippen LogP contribution in [0, 0.1) is 0 Å². The molecule has 2 N–H and O–H groups in total. The molecule has 1 aliphatic heterocycles. The van der Waals surface area contributed by atoms with E-state index in [1.807, 2.05) is 13.8 Å². The van der Waals surface area contributed by atoms with Crippen LogP contribution in [0.15, 0.2) is 28.8 Å². The van der Waals surface area contributed by atoms with E-state index < -0.39 is 0 Å². The Kier molecular flexibility index (Phi) is 6.86. The van der Waals surface area contributed by atoms with E-state index in [0.717, 1.165) is 17.3 Å². The van der Waals surface area contributed by atoms with Crippen molar-refractivity contribution in [2.45, 2.75) is 39.2 Å². The van der Waals surface area contributed by atoms with Crippen molar-refractivity contribution in [1.82, 2.24) is 20.4 Å². The molecule has 10 heteroatoms. The Bertz CT molecular complexity index is 865. The molecular formula is C19H23N5O4S. The van der Waals surface area contributed by atoms with Gasteiger partial charge in [-0.2, -0.15) is 4.98 Å². The normalized spacial score (nSPS) is 14.0. The van der Waals surface area contributed by atoms with Gasteiger partial charge in [0.15, 0.2) is 5.82 Å². The van der Waals surface area contributed by atoms with Crippen LogP contribution in [0.3, 0.4) is 0 Å². The Hall–Kier alpha value is -2.88. The first-order valence-electron chi connectivity index (χ1n) is 9.36. The number of nitrogens with zero attached hydrogens (tertiary/aromatic N) is 3. The first-order chi connectivity index (χ1) is 13.9. The van der Waals surface area contributed by atoms with Gasteiger partial charge in [-0.1, -0.05) is 42.9 Å². The topological polar surface area (TPSA) is 117 Å². The lowest BCUT2D eigenvalue weighted by Crippen LogP contribution is -2.30. The van der Waals surface area contributed by atoms with Gasteiger partial charge in [0.05, 0.1) is 12.3 Å². The van der Waals surface area contributed by atoms with Crippen molar-refractivity contribution < 1.29 is 18.9 Å². The number of aryl methyl sites for hydroxylation is 1. The van der Waals surface area contributed by atoms with Gasteiger partial charge in [-0.25, -0.2) is 4.79 Å². The number of carbonyl (C=O) groups is 3. The van der Waals surface area contributed by atoms with Crippen molar-refractivity contribution in [3.05, 3.63) is 41.5 Å². The first kappa shape index (κ1) is 20.8. The van der Waals surface area contributed by atoms with Gasteiger partial charge in [0.1, 0.15) is 0 Å². The maximum atomic E-state index is 12.0. The standard InChI is InChI=1S/C19H23N5O4S/c1-12(2)17-22-15(28-23-17)4-3-9-20-18(26)21-14-7-5-13(6-8-14)10-24-16(25)11-29-19(24)27/h5-8,12H,3-4,9-11H2,1-2H3,(H2,20,21,26). The predicted octanol–water partition coefficient (Wildman–Crippen LogP) is 3.14. The molecule has 0 atom stereocenters. The Morgan fingerprint density at radius 1 is 1.28 bits per heavy atom. The van der Waals surface area contributed by atoms with E-state index in [2.05, 4.69) is 20.8 Å². The molecule has 1 saturated heterocycles. The molecule has 154 valence electrons. The highest BCUT2D eigenvalue weighted by Gasteiger charge is 2.29. The summed E-state index contributed by atoms with van der Waals surface area (Å²) in [6.45, 7) is 4.71. The number of urea groups is 1. The lowest BCUT2D eigenvalue weighted by Gasteiger charge is -2.13. The van der Waals surface area contributed by atoms with E-state index in [1.165, 1.54) is 4.90 Å². The number of hydrogen-bond donors (Lipinski definition) is 2. The van der Waals surface area contributed by atoms with Crippen LogP contribution in [0.2, 0.25) is 0 Å². The lowest BCUT2D eigenvalue weighted by molar-refractivity contribution is -0.125. The van der Waals surface area contributed by atoms with Gasteiger partial charge in [0.2, 0.25) is 11.8 Å². The molecule has 0 spiro atoms. The summed E-state index contributed by atoms with van der Waals surface area (Å²) in [5, 5.41) is 9.20. The van der Waals surface area contributed by atoms with Crippen LogP contribution in [0.25, 0.3) is 0 Å². The van der Waals surface area contributed by atoms with Crippen molar-refractivity contribution in [3.8, 4) is 0 Å². The Labute approximate surface area is 172 Å². The second kappa shape index (κ2) is 9.55. The highest BCUT2D eigenvalue weighted by atomic mass is 32.2. The SMILES string of the molecule is CC(C)c1noc(CCCNC(=O)Nc2ccc(CN3C(=O)CSC3=O)cc2)n1. The Morgan fingerprint density at radius 2 is 2.03 bits per heavy atom. The van der Waals surface area contributed by atoms with Gasteiger partial charge in [0.25, 0.3) is 5.24 Å². The van der Waals surface area contributed by atoms with Crippen molar-refractivity contribution in [2.24, 2.45) is 0 Å². The third kappa shape index (κ3) is 5.80. The third-order valence-corrected chi connectivity index (χ3v) is 5.10. The maximum absolute atomic E-state index is 12.0. The summed E-state index contributed by atoms with van der Waals surface area (Å²) in [4.78, 5) is 40.8. The number of thioether (sulfide) groups is 1. The molecule has 0 aliphatic carbocycles. The number of carbonyl (C=O) groups excluding carboxylic acids is 3. The molecule has 29 heavy (non-hydrogen) atoms. The number of benzene rings is 1. The summed E-state index contributed by atoms with van der Waals surface area (Å²) in [7, 11) is 0. The number of rotatable bonds is 8. The van der Waals surface area contributed by atoms with Crippen molar-refractivity contribution >= 4 is 34.6 Å². The third-order valence-electron chi connectivity index (χ3n) is 4.25. The zero-order valence-electron chi connectivity index (χ0n) is 16.3. The minimum Gasteiger partial charge on any atom is -0.339 e. The van der Waals surface area contributed by atoms with E-state index in [-0.39, 0.29) is 35.4 Å². The fourth-order valence-corrected chi connectivity index (χ4v) is 3.36. The van der Waals surface area contributed by atoms with Crippen molar-refractivity contribution in [3.63, 3.8) is 0 Å². The molecule has 0 unspecified atom stereocenters. The molecule has 0 saturated carbocycles. The highest BCUT2D eigenvalue weighted by Crippen LogP contribution is 2.21. The van der Waals surface area contributed by atoms with Gasteiger partial charge in [0, 0.05) is 24.6 Å². The number of hydrogen-bond acceptors (Lipinski definition) is 7. The van der Waals surface area contributed by atoms with Gasteiger partial charge >= 0.3 is 6.03 Å². The van der Waals surface area contributed by atoms with Gasteiger partial charge < -0.3 is 15.2 Å². The fraction of sp³-hybridized carbons (Fsp3) is 0.421. The molecule has 1 aromatic carbocycles. The van der Waals surface area contributed by atoms with Crippen molar-refractivity contribution in [2.75, 3.05) is 17.6 Å². The summed E-state index contributed by atoms with van der Waals surface area (Å²) in [6, 6.07) is 6.72. The van der Waals surface area contributed by atoms with E-state index in [4.69, 9.17) is 4.52 Å². The average Bonchev–Trinajstić information content (AvgIpc) is 3.29. The van der Waals surface area contributed by atoms with Crippen LogP contribution in [0.4, 0.5) is 15.3 Å². The van der Waals surface area contributed by atoms with Gasteiger partial charge in [-0.05, 0) is 24.1 Å². The monoisotopic (exact) mass is 417 g/mol. The van der Waals surface area contributed by atoms with Crippen LogP contribution < -0.4 is 10.6 Å². The van der Waals surface area contributed by atoms with E-state index >= 15 is 0 Å². The van der Waals surface area contributed by atoms with Crippen LogP contribution in [-0.4, -0.2) is 44.5 Å².